The number of amides is 3. The fourth-order valence-electron chi connectivity index (χ4n) is 5.08. The van der Waals surface area contributed by atoms with Gasteiger partial charge in [-0.25, -0.2) is 13.2 Å². The molecule has 3 amide bonds. The van der Waals surface area contributed by atoms with Gasteiger partial charge in [0.05, 0.1) is 11.4 Å². The van der Waals surface area contributed by atoms with Gasteiger partial charge in [0.2, 0.25) is 15.9 Å². The number of sulfonamides is 1. The van der Waals surface area contributed by atoms with Crippen molar-refractivity contribution in [1.29, 1.82) is 0 Å². The van der Waals surface area contributed by atoms with E-state index in [1.165, 1.54) is 6.08 Å². The Kier molecular flexibility index (Phi) is 7.90. The molecule has 3 heterocycles. The molecule has 3 saturated heterocycles. The van der Waals surface area contributed by atoms with Crippen LogP contribution >= 0.6 is 0 Å². The Hall–Kier alpha value is -2.43. The summed E-state index contributed by atoms with van der Waals surface area (Å²) in [6, 6.07) is 9.83. The van der Waals surface area contributed by atoms with Crippen molar-refractivity contribution in [2.75, 3.05) is 32.7 Å². The first-order valence-corrected chi connectivity index (χ1v) is 13.5. The standard InChI is InChI=1S/C24H34N4O5S/c1-2-22(29)26-23-16-19-9-15-28(17-21(19)33-23)34(31,32)20-10-13-27(14-11-20)24(30)25-12-8-18-6-4-3-5-7-18/h2-7,19-21,23H,1,8-17H2,(H,25,30)(H,26,29). The number of urea groups is 1. The maximum atomic E-state index is 13.3. The van der Waals surface area contributed by atoms with Gasteiger partial charge in [0.1, 0.15) is 6.23 Å². The second-order valence-corrected chi connectivity index (χ2v) is 11.4. The molecule has 9 nitrogen and oxygen atoms in total. The van der Waals surface area contributed by atoms with Crippen molar-refractivity contribution in [2.24, 2.45) is 5.92 Å². The lowest BCUT2D eigenvalue weighted by molar-refractivity contribution is -0.120. The fourth-order valence-corrected chi connectivity index (χ4v) is 7.02. The number of hydrogen-bond acceptors (Lipinski definition) is 5. The van der Waals surface area contributed by atoms with Crippen LogP contribution in [0.25, 0.3) is 0 Å². The monoisotopic (exact) mass is 490 g/mol. The summed E-state index contributed by atoms with van der Waals surface area (Å²) in [6.45, 7) is 5.62. The first-order valence-electron chi connectivity index (χ1n) is 12.0. The molecule has 0 aliphatic carbocycles. The smallest absolute Gasteiger partial charge is 0.317 e. The number of nitrogens with one attached hydrogen (secondary N) is 2. The van der Waals surface area contributed by atoms with Crippen molar-refractivity contribution in [1.82, 2.24) is 19.8 Å². The molecule has 10 heteroatoms. The molecule has 0 radical (unpaired) electrons. The Morgan fingerprint density at radius 2 is 1.85 bits per heavy atom. The number of fused-ring (bicyclic) bond motifs is 1. The van der Waals surface area contributed by atoms with Gasteiger partial charge in [0.15, 0.2) is 0 Å². The first kappa shape index (κ1) is 24.7. The van der Waals surface area contributed by atoms with Gasteiger partial charge in [0, 0.05) is 32.7 Å². The topological polar surface area (TPSA) is 108 Å². The molecule has 3 aliphatic rings. The van der Waals surface area contributed by atoms with Crippen LogP contribution in [-0.4, -0.2) is 79.9 Å². The summed E-state index contributed by atoms with van der Waals surface area (Å²) in [5.74, 6) is -0.0491. The number of nitrogens with zero attached hydrogens (tertiary/aromatic N) is 2. The maximum absolute atomic E-state index is 13.3. The Bertz CT molecular complexity index is 978. The van der Waals surface area contributed by atoms with Crippen LogP contribution in [0.5, 0.6) is 0 Å². The minimum absolute atomic E-state index is 0.139. The molecule has 3 unspecified atom stereocenters. The highest BCUT2D eigenvalue weighted by Crippen LogP contribution is 2.34. The first-order chi connectivity index (χ1) is 16.4. The average Bonchev–Trinajstić information content (AvgIpc) is 3.26. The quantitative estimate of drug-likeness (QED) is 0.563. The number of carbonyl (C=O) groups is 2. The lowest BCUT2D eigenvalue weighted by Gasteiger charge is -2.38. The highest BCUT2D eigenvalue weighted by atomic mass is 32.2. The zero-order valence-electron chi connectivity index (χ0n) is 19.4. The van der Waals surface area contributed by atoms with E-state index in [2.05, 4.69) is 17.2 Å². The minimum Gasteiger partial charge on any atom is -0.354 e. The van der Waals surface area contributed by atoms with Gasteiger partial charge in [-0.2, -0.15) is 4.31 Å². The molecule has 1 aromatic carbocycles. The van der Waals surface area contributed by atoms with Gasteiger partial charge in [0.25, 0.3) is 0 Å². The summed E-state index contributed by atoms with van der Waals surface area (Å²) in [6.07, 6.45) is 3.62. The Morgan fingerprint density at radius 1 is 1.12 bits per heavy atom. The van der Waals surface area contributed by atoms with E-state index in [9.17, 15) is 18.0 Å². The van der Waals surface area contributed by atoms with Gasteiger partial charge in [-0.3, -0.25) is 4.79 Å². The number of hydrogen-bond donors (Lipinski definition) is 2. The fraction of sp³-hybridized carbons (Fsp3) is 0.583. The third-order valence-corrected chi connectivity index (χ3v) is 9.41. The Morgan fingerprint density at radius 3 is 2.56 bits per heavy atom. The Labute approximate surface area is 201 Å². The van der Waals surface area contributed by atoms with Crippen molar-refractivity contribution >= 4 is 22.0 Å². The van der Waals surface area contributed by atoms with Crippen LogP contribution in [0.15, 0.2) is 43.0 Å². The normalized spacial score (nSPS) is 26.0. The van der Waals surface area contributed by atoms with E-state index in [0.29, 0.717) is 58.4 Å². The SMILES string of the molecule is C=CC(=O)NC1CC2CCN(S(=O)(=O)C3CCN(C(=O)NCCc4ccccc4)CC3)CC2O1. The third-order valence-electron chi connectivity index (χ3n) is 7.05. The lowest BCUT2D eigenvalue weighted by Crippen LogP contribution is -2.52. The highest BCUT2D eigenvalue weighted by Gasteiger charge is 2.44. The van der Waals surface area contributed by atoms with Crippen molar-refractivity contribution in [2.45, 2.75) is 49.7 Å². The van der Waals surface area contributed by atoms with Gasteiger partial charge in [-0.15, -0.1) is 0 Å². The second-order valence-electron chi connectivity index (χ2n) is 9.22. The summed E-state index contributed by atoms with van der Waals surface area (Å²) in [4.78, 5) is 25.8. The van der Waals surface area contributed by atoms with E-state index < -0.39 is 21.5 Å². The predicted octanol–water partition coefficient (Wildman–Crippen LogP) is 1.47. The van der Waals surface area contributed by atoms with Crippen LogP contribution in [0.1, 0.15) is 31.2 Å². The van der Waals surface area contributed by atoms with Crippen LogP contribution in [-0.2, 0) is 26.0 Å². The number of likely N-dealkylation sites (tertiary alicyclic amines) is 1. The lowest BCUT2D eigenvalue weighted by atomic mass is 9.94. The minimum atomic E-state index is -3.48. The van der Waals surface area contributed by atoms with Crippen LogP contribution < -0.4 is 10.6 Å². The molecule has 1 aromatic rings. The number of piperidine rings is 2. The van der Waals surface area contributed by atoms with Gasteiger partial charge < -0.3 is 20.3 Å². The molecule has 3 aliphatic heterocycles. The van der Waals surface area contributed by atoms with Crippen molar-refractivity contribution in [3.63, 3.8) is 0 Å². The van der Waals surface area contributed by atoms with Crippen molar-refractivity contribution in [3.8, 4) is 0 Å². The number of carbonyl (C=O) groups excluding carboxylic acids is 2. The molecule has 34 heavy (non-hydrogen) atoms. The molecule has 0 saturated carbocycles. The molecular formula is C24H34N4O5S. The highest BCUT2D eigenvalue weighted by molar-refractivity contribution is 7.89. The summed E-state index contributed by atoms with van der Waals surface area (Å²) < 4.78 is 34.1. The van der Waals surface area contributed by atoms with Crippen molar-refractivity contribution < 1.29 is 22.7 Å². The van der Waals surface area contributed by atoms with E-state index >= 15 is 0 Å². The largest absolute Gasteiger partial charge is 0.354 e. The number of benzene rings is 1. The van der Waals surface area contributed by atoms with Crippen molar-refractivity contribution in [3.05, 3.63) is 48.6 Å². The number of rotatable bonds is 7. The second kappa shape index (κ2) is 10.9. The zero-order chi connectivity index (χ0) is 24.1. The summed E-state index contributed by atoms with van der Waals surface area (Å²) >= 11 is 0. The van der Waals surface area contributed by atoms with E-state index in [0.717, 1.165) is 12.0 Å². The molecule has 2 N–H and O–H groups in total. The van der Waals surface area contributed by atoms with E-state index in [1.807, 2.05) is 30.3 Å². The van der Waals surface area contributed by atoms with E-state index in [4.69, 9.17) is 4.74 Å². The zero-order valence-corrected chi connectivity index (χ0v) is 20.2. The maximum Gasteiger partial charge on any atom is 0.317 e. The molecule has 186 valence electrons. The molecule has 0 aromatic heterocycles. The molecule has 0 bridgehead atoms. The van der Waals surface area contributed by atoms with Crippen LogP contribution in [0, 0.1) is 5.92 Å². The molecule has 3 atom stereocenters. The molecule has 4 rings (SSSR count). The number of ether oxygens (including phenoxy) is 1. The molecule has 3 fully saturated rings. The van der Waals surface area contributed by atoms with Gasteiger partial charge in [-0.05, 0) is 49.7 Å². The van der Waals surface area contributed by atoms with Crippen LogP contribution in [0.3, 0.4) is 0 Å². The van der Waals surface area contributed by atoms with Crippen LogP contribution in [0.2, 0.25) is 0 Å². The van der Waals surface area contributed by atoms with Gasteiger partial charge in [-0.1, -0.05) is 36.9 Å². The summed E-state index contributed by atoms with van der Waals surface area (Å²) in [5.41, 5.74) is 1.16. The van der Waals surface area contributed by atoms with E-state index in [-0.39, 0.29) is 24.0 Å². The average molecular weight is 491 g/mol. The summed E-state index contributed by atoms with van der Waals surface area (Å²) in [5, 5.41) is 5.20. The predicted molar refractivity (Wildman–Crippen MR) is 128 cm³/mol. The molecule has 0 spiro atoms. The van der Waals surface area contributed by atoms with Crippen LogP contribution in [0.4, 0.5) is 4.79 Å². The summed E-state index contributed by atoms with van der Waals surface area (Å²) in [7, 11) is -3.48. The molecular weight excluding hydrogens is 456 g/mol. The van der Waals surface area contributed by atoms with Gasteiger partial charge >= 0.3 is 6.03 Å². The van der Waals surface area contributed by atoms with E-state index in [1.54, 1.807) is 9.21 Å². The third kappa shape index (κ3) is 5.79. The Balaban J connectivity index is 1.23.